The Morgan fingerprint density at radius 3 is 2.39 bits per heavy atom. The lowest BCUT2D eigenvalue weighted by molar-refractivity contribution is -0.0629. The fourth-order valence-corrected chi connectivity index (χ4v) is 2.84. The Morgan fingerprint density at radius 2 is 1.83 bits per heavy atom. The Kier molecular flexibility index (Phi) is 5.42. The minimum absolute atomic E-state index is 0.356. The zero-order valence-corrected chi connectivity index (χ0v) is 12.1. The van der Waals surface area contributed by atoms with E-state index < -0.39 is 0 Å². The first-order valence-corrected chi connectivity index (χ1v) is 7.30. The Hall–Kier alpha value is -0.160. The van der Waals surface area contributed by atoms with Gasteiger partial charge in [-0.15, -0.1) is 0 Å². The highest BCUT2D eigenvalue weighted by molar-refractivity contribution is 4.89. The fraction of sp³-hybridized carbons (Fsp3) is 1.00. The van der Waals surface area contributed by atoms with Crippen molar-refractivity contribution in [3.05, 3.63) is 0 Å². The second-order valence-corrected chi connectivity index (χ2v) is 5.80. The highest BCUT2D eigenvalue weighted by Gasteiger charge is 2.33. The van der Waals surface area contributed by atoms with E-state index in [0.717, 1.165) is 32.3 Å². The van der Waals surface area contributed by atoms with Crippen molar-refractivity contribution in [2.45, 2.75) is 44.9 Å². The number of hydrogen-bond donors (Lipinski definition) is 0. The lowest BCUT2D eigenvalue weighted by Gasteiger charge is -2.46. The zero-order valence-electron chi connectivity index (χ0n) is 12.1. The molecule has 0 atom stereocenters. The first-order valence-electron chi connectivity index (χ1n) is 7.30. The first kappa shape index (κ1) is 14.3. The van der Waals surface area contributed by atoms with E-state index in [4.69, 9.17) is 9.47 Å². The zero-order chi connectivity index (χ0) is 13.0. The van der Waals surface area contributed by atoms with Crippen LogP contribution in [0.1, 0.15) is 26.7 Å². The molecule has 2 heterocycles. The predicted octanol–water partition coefficient (Wildman–Crippen LogP) is 1.21. The number of ether oxygens (including phenoxy) is 2. The highest BCUT2D eigenvalue weighted by atomic mass is 16.5. The summed E-state index contributed by atoms with van der Waals surface area (Å²) in [6.45, 7) is 10.9. The molecule has 2 aliphatic rings. The van der Waals surface area contributed by atoms with Crippen LogP contribution >= 0.6 is 0 Å². The van der Waals surface area contributed by atoms with Crippen molar-refractivity contribution in [2.75, 3.05) is 46.4 Å². The van der Waals surface area contributed by atoms with E-state index >= 15 is 0 Å². The van der Waals surface area contributed by atoms with Gasteiger partial charge in [-0.05, 0) is 39.8 Å². The SMILES string of the molecule is COC1CN(C2CCN(CCOC(C)C)CC2)C1. The Morgan fingerprint density at radius 1 is 1.17 bits per heavy atom. The van der Waals surface area contributed by atoms with Gasteiger partial charge in [-0.3, -0.25) is 4.90 Å². The Balaban J connectivity index is 1.57. The average molecular weight is 256 g/mol. The van der Waals surface area contributed by atoms with E-state index in [1.807, 2.05) is 7.11 Å². The average Bonchev–Trinajstić information content (AvgIpc) is 2.29. The van der Waals surface area contributed by atoms with Crippen molar-refractivity contribution < 1.29 is 9.47 Å². The van der Waals surface area contributed by atoms with Crippen LogP contribution in [0, 0.1) is 0 Å². The van der Waals surface area contributed by atoms with Crippen LogP contribution in [-0.2, 0) is 9.47 Å². The van der Waals surface area contributed by atoms with Crippen LogP contribution in [-0.4, -0.2) is 74.5 Å². The van der Waals surface area contributed by atoms with Crippen molar-refractivity contribution in [3.8, 4) is 0 Å². The molecule has 106 valence electrons. The Labute approximate surface area is 111 Å². The molecule has 0 N–H and O–H groups in total. The Bertz CT molecular complexity index is 234. The van der Waals surface area contributed by atoms with E-state index in [9.17, 15) is 0 Å². The van der Waals surface area contributed by atoms with E-state index in [-0.39, 0.29) is 0 Å². The molecule has 4 heteroatoms. The first-order chi connectivity index (χ1) is 8.69. The smallest absolute Gasteiger partial charge is 0.0825 e. The van der Waals surface area contributed by atoms with Crippen LogP contribution in [0.3, 0.4) is 0 Å². The molecule has 2 fully saturated rings. The van der Waals surface area contributed by atoms with Crippen LogP contribution in [0.25, 0.3) is 0 Å². The van der Waals surface area contributed by atoms with Crippen molar-refractivity contribution in [1.82, 2.24) is 9.80 Å². The summed E-state index contributed by atoms with van der Waals surface area (Å²) in [6, 6.07) is 0.790. The minimum atomic E-state index is 0.356. The van der Waals surface area contributed by atoms with Crippen LogP contribution < -0.4 is 0 Å². The molecule has 2 saturated heterocycles. The van der Waals surface area contributed by atoms with Crippen LogP contribution in [0.5, 0.6) is 0 Å². The molecule has 0 bridgehead atoms. The van der Waals surface area contributed by atoms with E-state index in [1.54, 1.807) is 0 Å². The maximum atomic E-state index is 5.61. The van der Waals surface area contributed by atoms with Gasteiger partial charge in [0, 0.05) is 32.8 Å². The molecular weight excluding hydrogens is 228 g/mol. The third-order valence-electron chi connectivity index (χ3n) is 4.14. The molecule has 0 aromatic heterocycles. The number of rotatable bonds is 6. The summed E-state index contributed by atoms with van der Waals surface area (Å²) >= 11 is 0. The molecular formula is C14H28N2O2. The molecule has 0 aromatic rings. The van der Waals surface area contributed by atoms with Gasteiger partial charge in [0.05, 0.1) is 18.8 Å². The third kappa shape index (κ3) is 3.92. The molecule has 4 nitrogen and oxygen atoms in total. The summed E-state index contributed by atoms with van der Waals surface area (Å²) in [5.74, 6) is 0. The van der Waals surface area contributed by atoms with Gasteiger partial charge in [-0.2, -0.15) is 0 Å². The van der Waals surface area contributed by atoms with Gasteiger partial charge < -0.3 is 14.4 Å². The molecule has 0 aliphatic carbocycles. The summed E-state index contributed by atoms with van der Waals surface area (Å²) in [5, 5.41) is 0. The number of likely N-dealkylation sites (tertiary alicyclic amines) is 2. The normalized spacial score (nSPS) is 24.7. The van der Waals surface area contributed by atoms with Crippen molar-refractivity contribution in [3.63, 3.8) is 0 Å². The fourth-order valence-electron chi connectivity index (χ4n) is 2.84. The van der Waals surface area contributed by atoms with Crippen LogP contribution in [0.4, 0.5) is 0 Å². The molecule has 2 aliphatic heterocycles. The molecule has 0 spiro atoms. The van der Waals surface area contributed by atoms with Crippen LogP contribution in [0.15, 0.2) is 0 Å². The van der Waals surface area contributed by atoms with Gasteiger partial charge in [0.2, 0.25) is 0 Å². The van der Waals surface area contributed by atoms with Gasteiger partial charge >= 0.3 is 0 Å². The third-order valence-corrected chi connectivity index (χ3v) is 4.14. The van der Waals surface area contributed by atoms with Crippen molar-refractivity contribution >= 4 is 0 Å². The van der Waals surface area contributed by atoms with Crippen molar-refractivity contribution in [2.24, 2.45) is 0 Å². The molecule has 0 aromatic carbocycles. The summed E-state index contributed by atoms with van der Waals surface area (Å²) < 4.78 is 10.9. The van der Waals surface area contributed by atoms with Gasteiger partial charge in [0.15, 0.2) is 0 Å². The topological polar surface area (TPSA) is 24.9 Å². The van der Waals surface area contributed by atoms with Crippen LogP contribution in [0.2, 0.25) is 0 Å². The maximum Gasteiger partial charge on any atom is 0.0825 e. The second kappa shape index (κ2) is 6.85. The molecule has 0 unspecified atom stereocenters. The lowest BCUT2D eigenvalue weighted by atomic mass is 9.98. The van der Waals surface area contributed by atoms with E-state index in [2.05, 4.69) is 23.6 Å². The van der Waals surface area contributed by atoms with Crippen molar-refractivity contribution in [1.29, 1.82) is 0 Å². The molecule has 2 rings (SSSR count). The quantitative estimate of drug-likeness (QED) is 0.713. The maximum absolute atomic E-state index is 5.61. The summed E-state index contributed by atoms with van der Waals surface area (Å²) in [5.41, 5.74) is 0. The summed E-state index contributed by atoms with van der Waals surface area (Å²) in [6.07, 6.45) is 3.45. The summed E-state index contributed by atoms with van der Waals surface area (Å²) in [4.78, 5) is 5.11. The molecule has 0 amide bonds. The van der Waals surface area contributed by atoms with Gasteiger partial charge in [0.25, 0.3) is 0 Å². The van der Waals surface area contributed by atoms with E-state index in [0.29, 0.717) is 12.2 Å². The summed E-state index contributed by atoms with van der Waals surface area (Å²) in [7, 11) is 1.82. The number of hydrogen-bond acceptors (Lipinski definition) is 4. The molecule has 0 radical (unpaired) electrons. The highest BCUT2D eigenvalue weighted by Crippen LogP contribution is 2.22. The monoisotopic (exact) mass is 256 g/mol. The van der Waals surface area contributed by atoms with E-state index in [1.165, 1.54) is 25.9 Å². The number of nitrogens with zero attached hydrogens (tertiary/aromatic N) is 2. The minimum Gasteiger partial charge on any atom is -0.379 e. The predicted molar refractivity (Wildman–Crippen MR) is 72.9 cm³/mol. The number of methoxy groups -OCH3 is 1. The van der Waals surface area contributed by atoms with Gasteiger partial charge in [-0.25, -0.2) is 0 Å². The number of piperidine rings is 1. The van der Waals surface area contributed by atoms with Gasteiger partial charge in [0.1, 0.15) is 0 Å². The molecule has 18 heavy (non-hydrogen) atoms. The lowest BCUT2D eigenvalue weighted by Crippen LogP contribution is -2.58. The largest absolute Gasteiger partial charge is 0.379 e. The van der Waals surface area contributed by atoms with Gasteiger partial charge in [-0.1, -0.05) is 0 Å². The standard InChI is InChI=1S/C14H28N2O2/c1-12(2)18-9-8-15-6-4-13(5-7-15)16-10-14(11-16)17-3/h12-14H,4-11H2,1-3H3. The second-order valence-electron chi connectivity index (χ2n) is 5.80. The molecule has 0 saturated carbocycles.